The maximum absolute atomic E-state index is 14.1. The maximum atomic E-state index is 14.1. The van der Waals surface area contributed by atoms with E-state index in [0.717, 1.165) is 45.2 Å². The molecule has 1 nitrogen and oxygen atoms in total. The first-order chi connectivity index (χ1) is 13.3. The Hall–Kier alpha value is -1.27. The predicted octanol–water partition coefficient (Wildman–Crippen LogP) is 3.03. The molecular weight excluding hydrogens is 479 g/mol. The highest BCUT2D eigenvalue weighted by Gasteiger charge is 2.48. The van der Waals surface area contributed by atoms with Crippen LogP contribution in [0, 0.1) is 31.4 Å². The maximum Gasteiger partial charge on any atom is 0.123 e. The molecule has 0 aliphatic carbocycles. The molecule has 2 saturated heterocycles. The van der Waals surface area contributed by atoms with E-state index in [1.54, 1.807) is 12.1 Å². The van der Waals surface area contributed by atoms with Gasteiger partial charge in [0.2, 0.25) is 0 Å². The third kappa shape index (κ3) is 4.29. The van der Waals surface area contributed by atoms with E-state index in [2.05, 4.69) is 20.2 Å². The number of rotatable bonds is 3. The zero-order valence-corrected chi connectivity index (χ0v) is 19.8. The van der Waals surface area contributed by atoms with Crippen molar-refractivity contribution in [2.24, 2.45) is 5.92 Å². The molecule has 2 heterocycles. The van der Waals surface area contributed by atoms with Crippen LogP contribution in [0.1, 0.15) is 47.9 Å². The van der Waals surface area contributed by atoms with Crippen LogP contribution in [-0.4, -0.2) is 30.7 Å². The fraction of sp³-hybridized carbons (Fsp3) is 0.440. The van der Waals surface area contributed by atoms with Crippen molar-refractivity contribution in [1.29, 1.82) is 0 Å². The van der Waals surface area contributed by atoms with Gasteiger partial charge in [0.15, 0.2) is 0 Å². The van der Waals surface area contributed by atoms with Gasteiger partial charge in [-0.15, -0.1) is 0 Å². The van der Waals surface area contributed by atoms with Crippen LogP contribution in [0.4, 0.5) is 8.78 Å². The Morgan fingerprint density at radius 1 is 0.862 bits per heavy atom. The predicted molar refractivity (Wildman–Crippen MR) is 111 cm³/mol. The van der Waals surface area contributed by atoms with Crippen LogP contribution in [0.15, 0.2) is 42.5 Å². The fourth-order valence-electron chi connectivity index (χ4n) is 5.39. The first-order valence-corrected chi connectivity index (χ1v) is 10.3. The molecule has 2 unspecified atom stereocenters. The lowest BCUT2D eigenvalue weighted by atomic mass is 9.83. The number of fused-ring (bicyclic) bond motifs is 2. The number of allylic oxidation sites excluding steroid dienone is 1. The Balaban J connectivity index is 0.00000240. The fourth-order valence-corrected chi connectivity index (χ4v) is 5.39. The van der Waals surface area contributed by atoms with Gasteiger partial charge >= 0.3 is 0 Å². The van der Waals surface area contributed by atoms with E-state index < -0.39 is 0 Å². The number of quaternary nitrogens is 1. The van der Waals surface area contributed by atoms with Gasteiger partial charge < -0.3 is 28.5 Å². The van der Waals surface area contributed by atoms with Crippen molar-refractivity contribution in [3.05, 3.63) is 76.4 Å². The van der Waals surface area contributed by atoms with Crippen molar-refractivity contribution in [2.45, 2.75) is 51.6 Å². The second-order valence-corrected chi connectivity index (χ2v) is 9.24. The third-order valence-corrected chi connectivity index (χ3v) is 7.25. The summed E-state index contributed by atoms with van der Waals surface area (Å²) in [5, 5.41) is 0. The summed E-state index contributed by atoms with van der Waals surface area (Å²) in [5.74, 6) is -0.0480. The third-order valence-electron chi connectivity index (χ3n) is 7.25. The van der Waals surface area contributed by atoms with Gasteiger partial charge in [0, 0.05) is 25.7 Å². The molecule has 2 aromatic rings. The zero-order valence-electron chi connectivity index (χ0n) is 17.7. The first-order valence-electron chi connectivity index (χ1n) is 10.3. The van der Waals surface area contributed by atoms with E-state index in [0.29, 0.717) is 18.0 Å². The van der Waals surface area contributed by atoms with Crippen molar-refractivity contribution >= 4 is 5.57 Å². The number of nitrogens with zero attached hydrogens (tertiary/aromatic N) is 1. The van der Waals surface area contributed by atoms with Crippen molar-refractivity contribution in [3.8, 4) is 0 Å². The van der Waals surface area contributed by atoms with Gasteiger partial charge in [-0.05, 0) is 71.9 Å². The zero-order chi connectivity index (χ0) is 20.1. The molecule has 2 aromatic carbocycles. The summed E-state index contributed by atoms with van der Waals surface area (Å²) in [6, 6.07) is 11.2. The second-order valence-electron chi connectivity index (χ2n) is 9.24. The number of benzene rings is 2. The van der Waals surface area contributed by atoms with E-state index >= 15 is 0 Å². The Kier molecular flexibility index (Phi) is 6.54. The van der Waals surface area contributed by atoms with Crippen LogP contribution < -0.4 is 24.0 Å². The molecule has 4 heteroatoms. The van der Waals surface area contributed by atoms with Crippen molar-refractivity contribution in [2.75, 3.05) is 14.1 Å². The van der Waals surface area contributed by atoms with Crippen molar-refractivity contribution in [1.82, 2.24) is 0 Å². The van der Waals surface area contributed by atoms with Crippen LogP contribution in [0.2, 0.25) is 0 Å². The molecule has 2 bridgehead atoms. The topological polar surface area (TPSA) is 0 Å². The molecule has 0 aromatic heterocycles. The molecule has 156 valence electrons. The highest BCUT2D eigenvalue weighted by molar-refractivity contribution is 5.83. The highest BCUT2D eigenvalue weighted by atomic mass is 127. The summed E-state index contributed by atoms with van der Waals surface area (Å²) in [5.41, 5.74) is 4.77. The largest absolute Gasteiger partial charge is 1.00 e. The van der Waals surface area contributed by atoms with E-state index in [4.69, 9.17) is 0 Å². The molecule has 2 atom stereocenters. The van der Waals surface area contributed by atoms with E-state index in [9.17, 15) is 8.78 Å². The molecule has 0 N–H and O–H groups in total. The van der Waals surface area contributed by atoms with Crippen LogP contribution >= 0.6 is 0 Å². The number of aryl methyl sites for hydroxylation is 2. The van der Waals surface area contributed by atoms with Gasteiger partial charge in [0.05, 0.1) is 26.2 Å². The summed E-state index contributed by atoms with van der Waals surface area (Å²) in [7, 11) is 4.72. The Morgan fingerprint density at radius 3 is 1.76 bits per heavy atom. The SMILES string of the molecule is Cc1ccc(F)cc1C(=CC1CC2CCC(C1)[N+]2(C)C)c1cc(F)ccc1C.[I-]. The lowest BCUT2D eigenvalue weighted by Crippen LogP contribution is -3.00. The standard InChI is InChI=1S/C25H30F2N.HI/c1-16-5-7-19(26)14-23(16)25(24-15-20(27)8-6-17(24)2)13-18-11-21-9-10-22(12-18)28(21,3)4;/h5-8,13-15,18,21-22H,9-12H2,1-4H3;1H/q+1;/p-1. The molecule has 0 amide bonds. The van der Waals surface area contributed by atoms with Gasteiger partial charge in [-0.3, -0.25) is 0 Å². The Morgan fingerprint density at radius 2 is 1.31 bits per heavy atom. The molecule has 2 aliphatic heterocycles. The van der Waals surface area contributed by atoms with E-state index in [-0.39, 0.29) is 35.6 Å². The minimum absolute atomic E-state index is 0. The van der Waals surface area contributed by atoms with Crippen LogP contribution in [0.5, 0.6) is 0 Å². The molecule has 2 aliphatic rings. The average molecular weight is 509 g/mol. The lowest BCUT2D eigenvalue weighted by molar-refractivity contribution is -0.931. The monoisotopic (exact) mass is 509 g/mol. The second kappa shape index (κ2) is 8.46. The van der Waals surface area contributed by atoms with Crippen molar-refractivity contribution in [3.63, 3.8) is 0 Å². The van der Waals surface area contributed by atoms with Crippen LogP contribution in [0.3, 0.4) is 0 Å². The quantitative estimate of drug-likeness (QED) is 0.441. The van der Waals surface area contributed by atoms with Gasteiger partial charge in [0.25, 0.3) is 0 Å². The first kappa shape index (κ1) is 22.4. The highest BCUT2D eigenvalue weighted by Crippen LogP contribution is 2.44. The smallest absolute Gasteiger partial charge is 0.123 e. The molecular formula is C25H30F2IN. The van der Waals surface area contributed by atoms with Gasteiger partial charge in [-0.25, -0.2) is 8.78 Å². The molecule has 4 rings (SSSR count). The summed E-state index contributed by atoms with van der Waals surface area (Å²) < 4.78 is 29.3. The Labute approximate surface area is 190 Å². The van der Waals surface area contributed by atoms with Gasteiger partial charge in [-0.1, -0.05) is 18.2 Å². The van der Waals surface area contributed by atoms with E-state index in [1.165, 1.54) is 25.0 Å². The average Bonchev–Trinajstić information content (AvgIpc) is 2.82. The molecule has 0 spiro atoms. The van der Waals surface area contributed by atoms with E-state index in [1.807, 2.05) is 26.0 Å². The number of halogens is 3. The minimum atomic E-state index is -0.248. The number of piperidine rings is 1. The van der Waals surface area contributed by atoms with Gasteiger partial charge in [0.1, 0.15) is 11.6 Å². The van der Waals surface area contributed by atoms with Crippen molar-refractivity contribution < 1.29 is 37.2 Å². The number of hydrogen-bond donors (Lipinski definition) is 0. The molecule has 29 heavy (non-hydrogen) atoms. The van der Waals surface area contributed by atoms with Crippen LogP contribution in [-0.2, 0) is 0 Å². The van der Waals surface area contributed by atoms with Crippen LogP contribution in [0.25, 0.3) is 5.57 Å². The summed E-state index contributed by atoms with van der Waals surface area (Å²) in [6.45, 7) is 4.00. The summed E-state index contributed by atoms with van der Waals surface area (Å²) in [6.07, 6.45) is 7.18. The van der Waals surface area contributed by atoms with Gasteiger partial charge in [-0.2, -0.15) is 0 Å². The molecule has 0 radical (unpaired) electrons. The lowest BCUT2D eigenvalue weighted by Gasteiger charge is -2.44. The normalized spacial score (nSPS) is 24.7. The minimum Gasteiger partial charge on any atom is -1.00 e. The molecule has 2 fully saturated rings. The Bertz CT molecular complexity index is 865. The molecule has 0 saturated carbocycles. The summed E-state index contributed by atoms with van der Waals surface area (Å²) in [4.78, 5) is 0. The number of hydrogen-bond acceptors (Lipinski definition) is 0. The summed E-state index contributed by atoms with van der Waals surface area (Å²) >= 11 is 0.